The van der Waals surface area contributed by atoms with E-state index >= 15 is 0 Å². The fraction of sp³-hybridized carbons (Fsp3) is 0.235. The van der Waals surface area contributed by atoms with E-state index in [4.69, 9.17) is 11.5 Å². The fourth-order valence-electron chi connectivity index (χ4n) is 2.21. The van der Waals surface area contributed by atoms with Crippen LogP contribution < -0.4 is 16.8 Å². The first-order valence-electron chi connectivity index (χ1n) is 7.06. The Morgan fingerprint density at radius 2 is 1.90 bits per heavy atom. The molecular formula is C17H21N3O. The van der Waals surface area contributed by atoms with Crippen LogP contribution in [0.15, 0.2) is 48.5 Å². The summed E-state index contributed by atoms with van der Waals surface area (Å²) in [6.45, 7) is 2.12. The number of aryl methyl sites for hydroxylation is 1. The van der Waals surface area contributed by atoms with Crippen LogP contribution in [0.5, 0.6) is 0 Å². The molecule has 0 radical (unpaired) electrons. The number of nitrogens with one attached hydrogen (secondary N) is 1. The van der Waals surface area contributed by atoms with Gasteiger partial charge in [0.1, 0.15) is 0 Å². The Bertz CT molecular complexity index is 611. The van der Waals surface area contributed by atoms with Gasteiger partial charge in [0, 0.05) is 11.6 Å². The Balaban J connectivity index is 1.93. The second-order valence-corrected chi connectivity index (χ2v) is 5.24. The molecule has 0 fully saturated rings. The minimum absolute atomic E-state index is 0.284. The highest BCUT2D eigenvalue weighted by Gasteiger charge is 2.08. The summed E-state index contributed by atoms with van der Waals surface area (Å²) >= 11 is 0. The smallest absolute Gasteiger partial charge is 0.248 e. The van der Waals surface area contributed by atoms with Crippen molar-refractivity contribution in [1.29, 1.82) is 0 Å². The molecule has 0 spiro atoms. The molecule has 4 heteroatoms. The molecule has 0 heterocycles. The second kappa shape index (κ2) is 6.79. The average Bonchev–Trinajstić information content (AvgIpc) is 2.48. The number of hydrogen-bond acceptors (Lipinski definition) is 3. The van der Waals surface area contributed by atoms with Crippen LogP contribution in [0.4, 0.5) is 11.4 Å². The first kappa shape index (κ1) is 14.9. The van der Waals surface area contributed by atoms with Crippen molar-refractivity contribution in [3.8, 4) is 0 Å². The van der Waals surface area contributed by atoms with Gasteiger partial charge in [-0.2, -0.15) is 0 Å². The zero-order chi connectivity index (χ0) is 15.2. The van der Waals surface area contributed by atoms with E-state index in [0.29, 0.717) is 11.3 Å². The summed E-state index contributed by atoms with van der Waals surface area (Å²) in [6, 6.07) is 15.8. The molecule has 5 N–H and O–H groups in total. The third kappa shape index (κ3) is 4.24. The summed E-state index contributed by atoms with van der Waals surface area (Å²) in [5.41, 5.74) is 14.3. The molecule has 0 bridgehead atoms. The second-order valence-electron chi connectivity index (χ2n) is 5.24. The number of nitrogens with two attached hydrogens (primary N) is 2. The van der Waals surface area contributed by atoms with Gasteiger partial charge in [0.05, 0.1) is 11.4 Å². The van der Waals surface area contributed by atoms with Gasteiger partial charge in [0.15, 0.2) is 0 Å². The highest BCUT2D eigenvalue weighted by Crippen LogP contribution is 2.21. The molecule has 21 heavy (non-hydrogen) atoms. The number of primary amides is 1. The van der Waals surface area contributed by atoms with Crippen molar-refractivity contribution in [2.45, 2.75) is 25.8 Å². The Morgan fingerprint density at radius 1 is 1.19 bits per heavy atom. The maximum atomic E-state index is 11.1. The van der Waals surface area contributed by atoms with E-state index in [1.165, 1.54) is 5.56 Å². The van der Waals surface area contributed by atoms with E-state index in [9.17, 15) is 4.79 Å². The molecule has 2 rings (SSSR count). The van der Waals surface area contributed by atoms with Gasteiger partial charge in [-0.05, 0) is 43.5 Å². The summed E-state index contributed by atoms with van der Waals surface area (Å²) in [6.07, 6.45) is 2.01. The molecule has 0 aliphatic rings. The van der Waals surface area contributed by atoms with Gasteiger partial charge in [-0.25, -0.2) is 0 Å². The molecule has 0 saturated carbocycles. The van der Waals surface area contributed by atoms with Crippen molar-refractivity contribution in [3.05, 3.63) is 59.7 Å². The normalized spacial score (nSPS) is 11.9. The number of hydrogen-bond donors (Lipinski definition) is 3. The molecule has 0 aliphatic heterocycles. The number of carbonyl (C=O) groups excluding carboxylic acids is 1. The Kier molecular flexibility index (Phi) is 4.82. The third-order valence-corrected chi connectivity index (χ3v) is 3.45. The van der Waals surface area contributed by atoms with Crippen LogP contribution >= 0.6 is 0 Å². The number of rotatable bonds is 6. The van der Waals surface area contributed by atoms with E-state index in [0.717, 1.165) is 18.5 Å². The molecule has 0 unspecified atom stereocenters. The largest absolute Gasteiger partial charge is 0.397 e. The molecule has 2 aromatic carbocycles. The Morgan fingerprint density at radius 3 is 2.52 bits per heavy atom. The number of amides is 1. The molecular weight excluding hydrogens is 262 g/mol. The minimum Gasteiger partial charge on any atom is -0.397 e. The lowest BCUT2D eigenvalue weighted by atomic mass is 10.1. The molecule has 1 amide bonds. The number of carbonyl (C=O) groups is 1. The molecule has 0 aromatic heterocycles. The van der Waals surface area contributed by atoms with E-state index in [-0.39, 0.29) is 6.04 Å². The molecule has 0 aliphatic carbocycles. The van der Waals surface area contributed by atoms with Gasteiger partial charge in [-0.3, -0.25) is 4.79 Å². The molecule has 1 atom stereocenters. The van der Waals surface area contributed by atoms with Crippen molar-refractivity contribution < 1.29 is 4.79 Å². The van der Waals surface area contributed by atoms with Crippen molar-refractivity contribution in [1.82, 2.24) is 0 Å². The maximum Gasteiger partial charge on any atom is 0.248 e. The van der Waals surface area contributed by atoms with Crippen LogP contribution in [0.3, 0.4) is 0 Å². The Hall–Kier alpha value is -2.49. The molecule has 2 aromatic rings. The van der Waals surface area contributed by atoms with E-state index < -0.39 is 5.91 Å². The van der Waals surface area contributed by atoms with Crippen LogP contribution in [-0.2, 0) is 6.42 Å². The lowest BCUT2D eigenvalue weighted by Crippen LogP contribution is -2.18. The summed E-state index contributed by atoms with van der Waals surface area (Å²) in [5, 5.41) is 3.37. The van der Waals surface area contributed by atoms with E-state index in [1.807, 2.05) is 18.2 Å². The summed E-state index contributed by atoms with van der Waals surface area (Å²) in [4.78, 5) is 11.1. The number of anilines is 2. The highest BCUT2D eigenvalue weighted by atomic mass is 16.1. The maximum absolute atomic E-state index is 11.1. The summed E-state index contributed by atoms with van der Waals surface area (Å²) in [7, 11) is 0. The first-order valence-corrected chi connectivity index (χ1v) is 7.06. The van der Waals surface area contributed by atoms with Crippen molar-refractivity contribution in [3.63, 3.8) is 0 Å². The molecule has 0 saturated heterocycles. The Labute approximate surface area is 125 Å². The lowest BCUT2D eigenvalue weighted by molar-refractivity contribution is 0.100. The predicted octanol–water partition coefficient (Wildman–Crippen LogP) is 2.80. The van der Waals surface area contributed by atoms with Crippen LogP contribution in [-0.4, -0.2) is 11.9 Å². The molecule has 110 valence electrons. The van der Waals surface area contributed by atoms with Crippen molar-refractivity contribution in [2.75, 3.05) is 11.1 Å². The minimum atomic E-state index is -0.467. The zero-order valence-corrected chi connectivity index (χ0v) is 12.2. The number of nitrogen functional groups attached to an aromatic ring is 1. The number of benzene rings is 2. The van der Waals surface area contributed by atoms with Crippen molar-refractivity contribution in [2.24, 2.45) is 5.73 Å². The standard InChI is InChI=1S/C17H21N3O/c1-12(7-8-13-5-3-2-4-6-13)20-16-10-9-14(17(19)21)11-15(16)18/h2-6,9-12,20H,7-8,18H2,1H3,(H2,19,21)/t12-/m0/s1. The van der Waals surface area contributed by atoms with Crippen molar-refractivity contribution >= 4 is 17.3 Å². The molecule has 4 nitrogen and oxygen atoms in total. The third-order valence-electron chi connectivity index (χ3n) is 3.45. The summed E-state index contributed by atoms with van der Waals surface area (Å²) < 4.78 is 0. The first-order chi connectivity index (χ1) is 10.1. The van der Waals surface area contributed by atoms with Gasteiger partial charge in [0.25, 0.3) is 0 Å². The quantitative estimate of drug-likeness (QED) is 0.713. The lowest BCUT2D eigenvalue weighted by Gasteiger charge is -2.17. The monoisotopic (exact) mass is 283 g/mol. The average molecular weight is 283 g/mol. The fourth-order valence-corrected chi connectivity index (χ4v) is 2.21. The van der Waals surface area contributed by atoms with Crippen LogP contribution in [0.2, 0.25) is 0 Å². The van der Waals surface area contributed by atoms with Gasteiger partial charge < -0.3 is 16.8 Å². The zero-order valence-electron chi connectivity index (χ0n) is 12.2. The highest BCUT2D eigenvalue weighted by molar-refractivity contribution is 5.94. The predicted molar refractivity (Wildman–Crippen MR) is 87.2 cm³/mol. The van der Waals surface area contributed by atoms with Gasteiger partial charge in [-0.15, -0.1) is 0 Å². The summed E-state index contributed by atoms with van der Waals surface area (Å²) in [5.74, 6) is -0.467. The SMILES string of the molecule is C[C@@H](CCc1ccccc1)Nc1ccc(C(N)=O)cc1N. The van der Waals surface area contributed by atoms with Crippen LogP contribution in [0.25, 0.3) is 0 Å². The topological polar surface area (TPSA) is 81.1 Å². The van der Waals surface area contributed by atoms with Gasteiger partial charge in [0.2, 0.25) is 5.91 Å². The van der Waals surface area contributed by atoms with E-state index in [1.54, 1.807) is 18.2 Å². The van der Waals surface area contributed by atoms with Crippen LogP contribution in [0.1, 0.15) is 29.3 Å². The van der Waals surface area contributed by atoms with Crippen LogP contribution in [0, 0.1) is 0 Å². The van der Waals surface area contributed by atoms with E-state index in [2.05, 4.69) is 24.4 Å². The van der Waals surface area contributed by atoms with Gasteiger partial charge in [-0.1, -0.05) is 30.3 Å². The van der Waals surface area contributed by atoms with Gasteiger partial charge >= 0.3 is 0 Å².